The number of phenolic OH excluding ortho intramolecular Hbond substituents is 2. The Kier molecular flexibility index (Phi) is 2.75. The number of aliphatic hydroxyl groups excluding tert-OH is 1. The molecule has 13 heavy (non-hydrogen) atoms. The summed E-state index contributed by atoms with van der Waals surface area (Å²) in [7, 11) is 0. The fourth-order valence-electron chi connectivity index (χ4n) is 1.07. The third kappa shape index (κ3) is 2.11. The van der Waals surface area contributed by atoms with Crippen LogP contribution in [0.15, 0.2) is 18.2 Å². The molecule has 0 aliphatic carbocycles. The fraction of sp³-hybridized carbons (Fsp3) is 0.333. The first-order valence-electron chi connectivity index (χ1n) is 3.98. The van der Waals surface area contributed by atoms with Crippen LogP contribution in [0.4, 0.5) is 0 Å². The van der Waals surface area contributed by atoms with E-state index in [1.807, 2.05) is 0 Å². The van der Waals surface area contributed by atoms with Crippen molar-refractivity contribution in [3.8, 4) is 11.5 Å². The predicted octanol–water partition coefficient (Wildman–Crippen LogP) is 0.478. The molecule has 2 atom stereocenters. The molecule has 5 N–H and O–H groups in total. The van der Waals surface area contributed by atoms with Crippen molar-refractivity contribution in [2.75, 3.05) is 0 Å². The van der Waals surface area contributed by atoms with Crippen molar-refractivity contribution in [3.63, 3.8) is 0 Å². The Hall–Kier alpha value is -1.26. The lowest BCUT2D eigenvalue weighted by Gasteiger charge is -2.16. The van der Waals surface area contributed by atoms with E-state index in [4.69, 9.17) is 10.8 Å². The molecule has 72 valence electrons. The highest BCUT2D eigenvalue weighted by Crippen LogP contribution is 2.28. The summed E-state index contributed by atoms with van der Waals surface area (Å²) in [5, 5.41) is 27.6. The van der Waals surface area contributed by atoms with Gasteiger partial charge in [-0.15, -0.1) is 0 Å². The van der Waals surface area contributed by atoms with Gasteiger partial charge in [0, 0.05) is 5.56 Å². The van der Waals surface area contributed by atoms with Gasteiger partial charge in [0.05, 0.1) is 12.1 Å². The van der Waals surface area contributed by atoms with Crippen LogP contribution in [0.1, 0.15) is 18.5 Å². The summed E-state index contributed by atoms with van der Waals surface area (Å²) in [4.78, 5) is 0. The molecule has 0 saturated heterocycles. The molecule has 0 aliphatic rings. The maximum Gasteiger partial charge on any atom is 0.120 e. The highest BCUT2D eigenvalue weighted by atomic mass is 16.3. The normalized spacial score (nSPS) is 15.3. The van der Waals surface area contributed by atoms with Gasteiger partial charge in [-0.25, -0.2) is 0 Å². The quantitative estimate of drug-likeness (QED) is 0.502. The molecular weight excluding hydrogens is 170 g/mol. The van der Waals surface area contributed by atoms with E-state index in [9.17, 15) is 10.2 Å². The van der Waals surface area contributed by atoms with Crippen molar-refractivity contribution >= 4 is 0 Å². The van der Waals surface area contributed by atoms with Gasteiger partial charge >= 0.3 is 0 Å². The molecule has 0 aliphatic heterocycles. The van der Waals surface area contributed by atoms with Crippen LogP contribution >= 0.6 is 0 Å². The molecule has 1 rings (SSSR count). The average Bonchev–Trinajstić information content (AvgIpc) is 2.08. The van der Waals surface area contributed by atoms with Crippen molar-refractivity contribution in [2.24, 2.45) is 5.73 Å². The monoisotopic (exact) mass is 183 g/mol. The van der Waals surface area contributed by atoms with Gasteiger partial charge in [0.15, 0.2) is 0 Å². The summed E-state index contributed by atoms with van der Waals surface area (Å²) in [6.07, 6.45) is -0.771. The second-order valence-corrected chi connectivity index (χ2v) is 3.01. The number of hydrogen-bond donors (Lipinski definition) is 4. The Morgan fingerprint density at radius 3 is 2.46 bits per heavy atom. The number of benzene rings is 1. The number of rotatable bonds is 2. The standard InChI is InChI=1S/C9H13NO3/c1-5(11)9(10)7-4-6(12)2-3-8(7)13/h2-5,9,11-13H,10H2,1H3. The van der Waals surface area contributed by atoms with Crippen LogP contribution in [0.2, 0.25) is 0 Å². The van der Waals surface area contributed by atoms with Crippen molar-refractivity contribution in [1.29, 1.82) is 0 Å². The Morgan fingerprint density at radius 1 is 1.31 bits per heavy atom. The summed E-state index contributed by atoms with van der Waals surface area (Å²) >= 11 is 0. The maximum atomic E-state index is 9.35. The molecule has 2 unspecified atom stereocenters. The molecule has 1 aromatic carbocycles. The van der Waals surface area contributed by atoms with Crippen LogP contribution in [-0.2, 0) is 0 Å². The number of phenols is 2. The van der Waals surface area contributed by atoms with E-state index in [0.29, 0.717) is 5.56 Å². The van der Waals surface area contributed by atoms with Gasteiger partial charge in [0.2, 0.25) is 0 Å². The lowest BCUT2D eigenvalue weighted by atomic mass is 10.0. The van der Waals surface area contributed by atoms with E-state index in [1.54, 1.807) is 0 Å². The first kappa shape index (κ1) is 9.83. The Bertz CT molecular complexity index is 299. The van der Waals surface area contributed by atoms with Crippen LogP contribution in [0.5, 0.6) is 11.5 Å². The largest absolute Gasteiger partial charge is 0.508 e. The van der Waals surface area contributed by atoms with Crippen LogP contribution in [0.3, 0.4) is 0 Å². The van der Waals surface area contributed by atoms with Gasteiger partial charge in [-0.2, -0.15) is 0 Å². The van der Waals surface area contributed by atoms with Crippen LogP contribution in [-0.4, -0.2) is 21.4 Å². The Labute approximate surface area is 76.2 Å². The zero-order chi connectivity index (χ0) is 10.0. The van der Waals surface area contributed by atoms with Crippen molar-refractivity contribution in [3.05, 3.63) is 23.8 Å². The SMILES string of the molecule is CC(O)C(N)c1cc(O)ccc1O. The first-order valence-corrected chi connectivity index (χ1v) is 3.98. The molecule has 0 heterocycles. The van der Waals surface area contributed by atoms with Crippen molar-refractivity contribution < 1.29 is 15.3 Å². The van der Waals surface area contributed by atoms with Gasteiger partial charge in [0.25, 0.3) is 0 Å². The molecule has 0 amide bonds. The molecule has 1 aromatic rings. The number of aromatic hydroxyl groups is 2. The maximum absolute atomic E-state index is 9.35. The lowest BCUT2D eigenvalue weighted by molar-refractivity contribution is 0.162. The number of nitrogens with two attached hydrogens (primary N) is 1. The van der Waals surface area contributed by atoms with Crippen LogP contribution in [0.25, 0.3) is 0 Å². The zero-order valence-corrected chi connectivity index (χ0v) is 7.31. The van der Waals surface area contributed by atoms with Crippen molar-refractivity contribution in [2.45, 2.75) is 19.1 Å². The Morgan fingerprint density at radius 2 is 1.92 bits per heavy atom. The second-order valence-electron chi connectivity index (χ2n) is 3.01. The van der Waals surface area contributed by atoms with Gasteiger partial charge in [-0.3, -0.25) is 0 Å². The smallest absolute Gasteiger partial charge is 0.120 e. The van der Waals surface area contributed by atoms with E-state index in [0.717, 1.165) is 0 Å². The fourth-order valence-corrected chi connectivity index (χ4v) is 1.07. The molecule has 0 bridgehead atoms. The van der Waals surface area contributed by atoms with E-state index in [2.05, 4.69) is 0 Å². The molecule has 0 saturated carbocycles. The van der Waals surface area contributed by atoms with Gasteiger partial charge in [-0.1, -0.05) is 0 Å². The zero-order valence-electron chi connectivity index (χ0n) is 7.31. The molecule has 0 radical (unpaired) electrons. The highest BCUT2D eigenvalue weighted by molar-refractivity contribution is 5.40. The molecule has 0 aromatic heterocycles. The van der Waals surface area contributed by atoms with E-state index in [-0.39, 0.29) is 11.5 Å². The number of aliphatic hydroxyl groups is 1. The van der Waals surface area contributed by atoms with E-state index in [1.165, 1.54) is 25.1 Å². The van der Waals surface area contributed by atoms with Gasteiger partial charge in [-0.05, 0) is 25.1 Å². The summed E-state index contributed by atoms with van der Waals surface area (Å²) in [5.74, 6) is -0.00454. The first-order chi connectivity index (χ1) is 6.02. The predicted molar refractivity (Wildman–Crippen MR) is 48.4 cm³/mol. The average molecular weight is 183 g/mol. The third-order valence-electron chi connectivity index (χ3n) is 1.89. The lowest BCUT2D eigenvalue weighted by Crippen LogP contribution is -2.23. The van der Waals surface area contributed by atoms with E-state index < -0.39 is 12.1 Å². The molecule has 0 fully saturated rings. The van der Waals surface area contributed by atoms with Gasteiger partial charge in [0.1, 0.15) is 11.5 Å². The summed E-state index contributed by atoms with van der Waals surface area (Å²) in [6.45, 7) is 1.52. The second kappa shape index (κ2) is 3.64. The third-order valence-corrected chi connectivity index (χ3v) is 1.89. The Balaban J connectivity index is 3.05. The minimum absolute atomic E-state index is 0.0175. The number of hydrogen-bond acceptors (Lipinski definition) is 4. The van der Waals surface area contributed by atoms with E-state index >= 15 is 0 Å². The van der Waals surface area contributed by atoms with Crippen LogP contribution < -0.4 is 5.73 Å². The van der Waals surface area contributed by atoms with Crippen molar-refractivity contribution in [1.82, 2.24) is 0 Å². The highest BCUT2D eigenvalue weighted by Gasteiger charge is 2.16. The minimum Gasteiger partial charge on any atom is -0.508 e. The topological polar surface area (TPSA) is 86.7 Å². The van der Waals surface area contributed by atoms with Gasteiger partial charge < -0.3 is 21.1 Å². The summed E-state index contributed by atoms with van der Waals surface area (Å²) in [6, 6.07) is 3.35. The molecule has 4 nitrogen and oxygen atoms in total. The molecule has 0 spiro atoms. The summed E-state index contributed by atoms with van der Waals surface area (Å²) in [5.41, 5.74) is 5.93. The molecule has 4 heteroatoms. The minimum atomic E-state index is -0.771. The van der Waals surface area contributed by atoms with Crippen LogP contribution in [0, 0.1) is 0 Å². The molecular formula is C9H13NO3. The summed E-state index contributed by atoms with van der Waals surface area (Å²) < 4.78 is 0.